The van der Waals surface area contributed by atoms with Crippen molar-refractivity contribution in [3.8, 4) is 0 Å². The zero-order chi connectivity index (χ0) is 10.4. The Hall–Kier alpha value is -0.690. The van der Waals surface area contributed by atoms with Crippen LogP contribution in [0, 0.1) is 0 Å². The van der Waals surface area contributed by atoms with Gasteiger partial charge >= 0.3 is 5.97 Å². The minimum atomic E-state index is -0.791. The molecule has 6 heteroatoms. The number of methoxy groups -OCH3 is 1. The van der Waals surface area contributed by atoms with Crippen LogP contribution in [0.5, 0.6) is 0 Å². The average molecular weight is 204 g/mol. The molecule has 0 aromatic rings. The van der Waals surface area contributed by atoms with Crippen molar-refractivity contribution in [2.75, 3.05) is 20.4 Å². The summed E-state index contributed by atoms with van der Waals surface area (Å²) in [6.45, 7) is 0.791. The molecule has 14 heavy (non-hydrogen) atoms. The van der Waals surface area contributed by atoms with E-state index in [9.17, 15) is 4.79 Å². The molecule has 1 aliphatic rings. The molecule has 6 nitrogen and oxygen atoms in total. The van der Waals surface area contributed by atoms with Crippen LogP contribution >= 0.6 is 0 Å². The van der Waals surface area contributed by atoms with Crippen LogP contribution in [0.4, 0.5) is 0 Å². The maximum atomic E-state index is 10.6. The van der Waals surface area contributed by atoms with Gasteiger partial charge in [-0.15, -0.1) is 0 Å². The number of carboxylic acid groups (broad SMARTS) is 1. The molecule has 1 rings (SSSR count). The van der Waals surface area contributed by atoms with Crippen molar-refractivity contribution in [1.29, 1.82) is 0 Å². The zero-order valence-corrected chi connectivity index (χ0v) is 8.16. The number of hydroxylamine groups is 1. The van der Waals surface area contributed by atoms with E-state index >= 15 is 0 Å². The first-order chi connectivity index (χ1) is 6.74. The molecule has 1 aliphatic heterocycles. The largest absolute Gasteiger partial charge is 0.480 e. The van der Waals surface area contributed by atoms with Gasteiger partial charge < -0.3 is 15.2 Å². The summed E-state index contributed by atoms with van der Waals surface area (Å²) >= 11 is 0. The molecule has 1 saturated heterocycles. The van der Waals surface area contributed by atoms with Gasteiger partial charge in [-0.25, -0.2) is 0 Å². The number of carbonyl (C=O) groups is 1. The molecule has 82 valence electrons. The predicted octanol–water partition coefficient (Wildman–Crippen LogP) is -0.683. The monoisotopic (exact) mass is 204 g/mol. The van der Waals surface area contributed by atoms with Gasteiger partial charge in [-0.3, -0.25) is 9.63 Å². The molecule has 0 aliphatic carbocycles. The Bertz CT molecular complexity index is 180. The third kappa shape index (κ3) is 3.59. The summed E-state index contributed by atoms with van der Waals surface area (Å²) in [4.78, 5) is 15.5. The fourth-order valence-corrected chi connectivity index (χ4v) is 1.38. The Balaban J connectivity index is 2.12. The van der Waals surface area contributed by atoms with Crippen LogP contribution in [0.25, 0.3) is 0 Å². The lowest BCUT2D eigenvalue weighted by atomic mass is 10.0. The lowest BCUT2D eigenvalue weighted by molar-refractivity contribution is -0.141. The van der Waals surface area contributed by atoms with Crippen LogP contribution in [0.3, 0.4) is 0 Å². The Morgan fingerprint density at radius 3 is 2.93 bits per heavy atom. The molecule has 0 amide bonds. The minimum Gasteiger partial charge on any atom is -0.480 e. The van der Waals surface area contributed by atoms with Crippen LogP contribution in [0.2, 0.25) is 0 Å². The van der Waals surface area contributed by atoms with Gasteiger partial charge in [-0.2, -0.15) is 5.48 Å². The number of ether oxygens (including phenoxy) is 1. The average Bonchev–Trinajstić information content (AvgIpc) is 2.19. The van der Waals surface area contributed by atoms with Crippen LogP contribution in [0.15, 0.2) is 0 Å². The predicted molar refractivity (Wildman–Crippen MR) is 48.5 cm³/mol. The Morgan fingerprint density at radius 2 is 2.43 bits per heavy atom. The van der Waals surface area contributed by atoms with Crippen molar-refractivity contribution in [2.45, 2.75) is 24.9 Å². The van der Waals surface area contributed by atoms with Crippen molar-refractivity contribution in [1.82, 2.24) is 10.8 Å². The highest BCUT2D eigenvalue weighted by Gasteiger charge is 2.24. The molecule has 0 aromatic heterocycles. The molecular weight excluding hydrogens is 188 g/mol. The second-order valence-corrected chi connectivity index (χ2v) is 3.24. The SMILES string of the molecule is COCONC1CC[C@@H](C(=O)O)NC1. The topological polar surface area (TPSA) is 79.8 Å². The van der Waals surface area contributed by atoms with Crippen molar-refractivity contribution in [3.63, 3.8) is 0 Å². The van der Waals surface area contributed by atoms with Crippen LogP contribution in [-0.2, 0) is 14.4 Å². The van der Waals surface area contributed by atoms with Crippen molar-refractivity contribution >= 4 is 5.97 Å². The summed E-state index contributed by atoms with van der Waals surface area (Å²) in [5.41, 5.74) is 2.80. The Labute approximate surface area is 82.5 Å². The fourth-order valence-electron chi connectivity index (χ4n) is 1.38. The standard InChI is InChI=1S/C8H16N2O4/c1-13-5-14-10-6-2-3-7(8(11)12)9-4-6/h6-7,9-10H,2-5H2,1H3,(H,11,12)/t6?,7-/m0/s1. The van der Waals surface area contributed by atoms with Gasteiger partial charge in [0.25, 0.3) is 0 Å². The van der Waals surface area contributed by atoms with E-state index in [0.29, 0.717) is 13.0 Å². The molecule has 1 unspecified atom stereocenters. The summed E-state index contributed by atoms with van der Waals surface area (Å²) in [5, 5.41) is 11.6. The van der Waals surface area contributed by atoms with Crippen LogP contribution in [0.1, 0.15) is 12.8 Å². The third-order valence-electron chi connectivity index (χ3n) is 2.14. The molecule has 0 bridgehead atoms. The number of aliphatic carboxylic acids is 1. The van der Waals surface area contributed by atoms with E-state index < -0.39 is 12.0 Å². The van der Waals surface area contributed by atoms with Crippen LogP contribution < -0.4 is 10.8 Å². The number of rotatable bonds is 5. The van der Waals surface area contributed by atoms with Gasteiger partial charge in [0.05, 0.1) is 0 Å². The maximum Gasteiger partial charge on any atom is 0.320 e. The Morgan fingerprint density at radius 1 is 1.64 bits per heavy atom. The van der Waals surface area contributed by atoms with Gasteiger partial charge in [0.2, 0.25) is 0 Å². The Kier molecular flexibility index (Phi) is 4.81. The van der Waals surface area contributed by atoms with E-state index in [2.05, 4.69) is 10.8 Å². The first-order valence-electron chi connectivity index (χ1n) is 4.56. The maximum absolute atomic E-state index is 10.6. The summed E-state index contributed by atoms with van der Waals surface area (Å²) in [7, 11) is 1.54. The van der Waals surface area contributed by atoms with Gasteiger partial charge in [0.1, 0.15) is 6.04 Å². The molecule has 1 heterocycles. The molecule has 0 radical (unpaired) electrons. The normalized spacial score (nSPS) is 27.5. The van der Waals surface area contributed by atoms with E-state index in [1.807, 2.05) is 0 Å². The number of hydrogen-bond acceptors (Lipinski definition) is 5. The summed E-state index contributed by atoms with van der Waals surface area (Å²) in [5.74, 6) is -0.791. The second kappa shape index (κ2) is 5.92. The summed E-state index contributed by atoms with van der Waals surface area (Å²) in [6.07, 6.45) is 1.40. The van der Waals surface area contributed by atoms with Gasteiger partial charge in [-0.05, 0) is 12.8 Å². The first kappa shape index (κ1) is 11.4. The van der Waals surface area contributed by atoms with E-state index in [1.165, 1.54) is 0 Å². The summed E-state index contributed by atoms with van der Waals surface area (Å²) < 4.78 is 4.69. The second-order valence-electron chi connectivity index (χ2n) is 3.24. The van der Waals surface area contributed by atoms with Crippen molar-refractivity contribution < 1.29 is 19.5 Å². The minimum absolute atomic E-state index is 0.153. The van der Waals surface area contributed by atoms with E-state index in [1.54, 1.807) is 7.11 Å². The number of nitrogens with one attached hydrogen (secondary N) is 2. The van der Waals surface area contributed by atoms with Gasteiger partial charge in [-0.1, -0.05) is 0 Å². The van der Waals surface area contributed by atoms with Crippen LogP contribution in [-0.4, -0.2) is 43.6 Å². The summed E-state index contributed by atoms with van der Waals surface area (Å²) in [6, 6.07) is -0.267. The number of carboxylic acids is 1. The highest BCUT2D eigenvalue weighted by atomic mass is 16.7. The fraction of sp³-hybridized carbons (Fsp3) is 0.875. The highest BCUT2D eigenvalue weighted by molar-refractivity contribution is 5.73. The third-order valence-corrected chi connectivity index (χ3v) is 2.14. The molecule has 0 aromatic carbocycles. The van der Waals surface area contributed by atoms with Crippen molar-refractivity contribution in [3.05, 3.63) is 0 Å². The molecule has 1 fully saturated rings. The lowest BCUT2D eigenvalue weighted by Crippen LogP contribution is -2.50. The lowest BCUT2D eigenvalue weighted by Gasteiger charge is -2.27. The molecule has 0 spiro atoms. The molecule has 2 atom stereocenters. The zero-order valence-electron chi connectivity index (χ0n) is 8.16. The highest BCUT2D eigenvalue weighted by Crippen LogP contribution is 2.08. The van der Waals surface area contributed by atoms with E-state index in [0.717, 1.165) is 6.42 Å². The van der Waals surface area contributed by atoms with Gasteiger partial charge in [0, 0.05) is 19.7 Å². The number of piperidine rings is 1. The smallest absolute Gasteiger partial charge is 0.320 e. The molecular formula is C8H16N2O4. The quantitative estimate of drug-likeness (QED) is 0.313. The van der Waals surface area contributed by atoms with E-state index in [4.69, 9.17) is 14.7 Å². The van der Waals surface area contributed by atoms with Crippen molar-refractivity contribution in [2.24, 2.45) is 0 Å². The molecule has 3 N–H and O–H groups in total. The number of hydrogen-bond donors (Lipinski definition) is 3. The van der Waals surface area contributed by atoms with E-state index in [-0.39, 0.29) is 12.8 Å². The first-order valence-corrected chi connectivity index (χ1v) is 4.56. The van der Waals surface area contributed by atoms with Gasteiger partial charge in [0.15, 0.2) is 6.79 Å². The molecule has 0 saturated carbocycles.